The van der Waals surface area contributed by atoms with E-state index in [1.807, 2.05) is 12.1 Å². The lowest BCUT2D eigenvalue weighted by atomic mass is 10.0. The van der Waals surface area contributed by atoms with Gasteiger partial charge < -0.3 is 20.1 Å². The molecule has 2 aliphatic rings. The molecule has 1 fully saturated rings. The maximum atomic E-state index is 13.6. The fourth-order valence-corrected chi connectivity index (χ4v) is 6.48. The van der Waals surface area contributed by atoms with Crippen LogP contribution in [0.1, 0.15) is 44.9 Å². The first kappa shape index (κ1) is 28.4. The van der Waals surface area contributed by atoms with Gasteiger partial charge in [0.15, 0.2) is 11.6 Å². The normalized spacial score (nSPS) is 17.2. The fourth-order valence-electron chi connectivity index (χ4n) is 5.22. The van der Waals surface area contributed by atoms with Gasteiger partial charge in [-0.1, -0.05) is 50.0 Å². The van der Waals surface area contributed by atoms with Gasteiger partial charge >= 0.3 is 0 Å². The van der Waals surface area contributed by atoms with Gasteiger partial charge in [-0.15, -0.1) is 0 Å². The molecule has 5 rings (SSSR count). The third-order valence-corrected chi connectivity index (χ3v) is 9.02. The summed E-state index contributed by atoms with van der Waals surface area (Å²) in [5.74, 6) is 1.92. The molecular formula is C30H35N5O5S. The first-order valence-electron chi connectivity index (χ1n) is 13.8. The molecule has 0 spiro atoms. The molecule has 3 N–H and O–H groups in total. The van der Waals surface area contributed by atoms with E-state index >= 15 is 0 Å². The monoisotopic (exact) mass is 577 g/mol. The topological polar surface area (TPSA) is 132 Å². The summed E-state index contributed by atoms with van der Waals surface area (Å²) >= 11 is 0. The van der Waals surface area contributed by atoms with Gasteiger partial charge in [0.25, 0.3) is 0 Å². The van der Waals surface area contributed by atoms with Gasteiger partial charge in [-0.2, -0.15) is 0 Å². The standard InChI is InChI=1S/C30H35N5O5S/c1-39-23-16-22(17-24(19-23)40-2)32-29-30(34-27-13-6-5-12-26(27)33-29)35-41(37,38)25-11-7-10-21(18-25)31-28(36)15-14-20-8-3-4-9-20/h5-7,10-13,16-17,19-20,25H,3-4,8-9,14-15,18H2,1-2H3,(H,31,36)(H,32,33)(H,34,35). The van der Waals surface area contributed by atoms with E-state index in [0.717, 1.165) is 6.42 Å². The summed E-state index contributed by atoms with van der Waals surface area (Å²) in [6, 6.07) is 12.4. The van der Waals surface area contributed by atoms with Gasteiger partial charge in [0.2, 0.25) is 15.9 Å². The molecule has 3 aromatic rings. The molecule has 1 amide bonds. The summed E-state index contributed by atoms with van der Waals surface area (Å²) in [6.07, 6.45) is 11.3. The Kier molecular flexibility index (Phi) is 8.72. The first-order chi connectivity index (χ1) is 19.8. The molecule has 2 aromatic carbocycles. The molecule has 11 heteroatoms. The number of para-hydroxylation sites is 2. The van der Waals surface area contributed by atoms with E-state index < -0.39 is 15.3 Å². The van der Waals surface area contributed by atoms with Gasteiger partial charge in [0.1, 0.15) is 16.7 Å². The molecule has 1 unspecified atom stereocenters. The summed E-state index contributed by atoms with van der Waals surface area (Å²) in [4.78, 5) is 21.8. The van der Waals surface area contributed by atoms with Crippen LogP contribution in [0.25, 0.3) is 11.0 Å². The van der Waals surface area contributed by atoms with E-state index in [4.69, 9.17) is 9.47 Å². The maximum Gasteiger partial charge on any atom is 0.240 e. The third kappa shape index (κ3) is 7.15. The van der Waals surface area contributed by atoms with Crippen molar-refractivity contribution in [3.63, 3.8) is 0 Å². The average Bonchev–Trinajstić information content (AvgIpc) is 3.50. The van der Waals surface area contributed by atoms with Crippen molar-refractivity contribution >= 4 is 44.3 Å². The van der Waals surface area contributed by atoms with Crippen LogP contribution in [0.4, 0.5) is 17.3 Å². The number of hydrogen-bond donors (Lipinski definition) is 3. The second-order valence-electron chi connectivity index (χ2n) is 10.3. The second kappa shape index (κ2) is 12.6. The Balaban J connectivity index is 1.34. The zero-order valence-corrected chi connectivity index (χ0v) is 24.0. The highest BCUT2D eigenvalue weighted by atomic mass is 32.2. The maximum absolute atomic E-state index is 13.6. The van der Waals surface area contributed by atoms with Gasteiger partial charge in [0, 0.05) is 42.4 Å². The Morgan fingerprint density at radius 2 is 1.63 bits per heavy atom. The summed E-state index contributed by atoms with van der Waals surface area (Å²) in [5.41, 5.74) is 2.28. The minimum Gasteiger partial charge on any atom is -0.497 e. The fraction of sp³-hybridized carbons (Fsp3) is 0.367. The van der Waals surface area contributed by atoms with Crippen molar-refractivity contribution in [2.24, 2.45) is 5.92 Å². The second-order valence-corrected chi connectivity index (χ2v) is 12.2. The summed E-state index contributed by atoms with van der Waals surface area (Å²) in [7, 11) is -0.864. The lowest BCUT2D eigenvalue weighted by Gasteiger charge is -2.21. The van der Waals surface area contributed by atoms with Gasteiger partial charge in [0.05, 0.1) is 25.3 Å². The van der Waals surface area contributed by atoms with Crippen molar-refractivity contribution in [1.29, 1.82) is 0 Å². The van der Waals surface area contributed by atoms with E-state index in [2.05, 4.69) is 25.3 Å². The SMILES string of the molecule is COc1cc(Nc2nc3ccccc3nc2NS(=O)(=O)C2C=CC=C(NC(=O)CCC3CCCC3)C2)cc(OC)c1. The Hall–Kier alpha value is -4.12. The van der Waals surface area contributed by atoms with E-state index in [9.17, 15) is 13.2 Å². The molecule has 1 aromatic heterocycles. The zero-order valence-electron chi connectivity index (χ0n) is 23.2. The zero-order chi connectivity index (χ0) is 28.8. The molecule has 0 aliphatic heterocycles. The largest absolute Gasteiger partial charge is 0.497 e. The van der Waals surface area contributed by atoms with Crippen LogP contribution >= 0.6 is 0 Å². The number of hydrogen-bond acceptors (Lipinski definition) is 8. The first-order valence-corrected chi connectivity index (χ1v) is 15.3. The highest BCUT2D eigenvalue weighted by Gasteiger charge is 2.28. The average molecular weight is 578 g/mol. The van der Waals surface area contributed by atoms with Gasteiger partial charge in [-0.25, -0.2) is 18.4 Å². The number of sulfonamides is 1. The highest BCUT2D eigenvalue weighted by Crippen LogP contribution is 2.32. The van der Waals surface area contributed by atoms with Gasteiger partial charge in [-0.05, 0) is 30.5 Å². The van der Waals surface area contributed by atoms with Crippen LogP contribution in [-0.4, -0.2) is 43.8 Å². The van der Waals surface area contributed by atoms with Crippen molar-refractivity contribution in [2.45, 2.75) is 50.2 Å². The molecule has 1 atom stereocenters. The predicted octanol–water partition coefficient (Wildman–Crippen LogP) is 5.43. The summed E-state index contributed by atoms with van der Waals surface area (Å²) < 4.78 is 40.6. The van der Waals surface area contributed by atoms with Crippen LogP contribution in [0.3, 0.4) is 0 Å². The summed E-state index contributed by atoms with van der Waals surface area (Å²) in [6.45, 7) is 0. The van der Waals surface area contributed by atoms with Crippen LogP contribution in [0.15, 0.2) is 66.4 Å². The Bertz CT molecular complexity index is 1560. The Labute approximate surface area is 240 Å². The molecule has 10 nitrogen and oxygen atoms in total. The number of fused-ring (bicyclic) bond motifs is 1. The number of aromatic nitrogens is 2. The van der Waals surface area contributed by atoms with Crippen molar-refractivity contribution in [3.8, 4) is 11.5 Å². The number of methoxy groups -OCH3 is 2. The minimum atomic E-state index is -3.96. The highest BCUT2D eigenvalue weighted by molar-refractivity contribution is 7.93. The Morgan fingerprint density at radius 3 is 2.29 bits per heavy atom. The van der Waals surface area contributed by atoms with Crippen LogP contribution < -0.4 is 24.8 Å². The number of nitrogens with zero attached hydrogens (tertiary/aromatic N) is 2. The molecular weight excluding hydrogens is 542 g/mol. The number of benzene rings is 2. The third-order valence-electron chi connectivity index (χ3n) is 7.42. The number of amides is 1. The Morgan fingerprint density at radius 1 is 0.976 bits per heavy atom. The minimum absolute atomic E-state index is 0.0515. The number of carbonyl (C=O) groups is 1. The van der Waals surface area contributed by atoms with Crippen LogP contribution in [0.5, 0.6) is 11.5 Å². The number of rotatable bonds is 11. The lowest BCUT2D eigenvalue weighted by molar-refractivity contribution is -0.120. The van der Waals surface area contributed by atoms with E-state index in [1.54, 1.807) is 62.8 Å². The van der Waals surface area contributed by atoms with E-state index in [-0.39, 0.29) is 24.0 Å². The van der Waals surface area contributed by atoms with Crippen molar-refractivity contribution in [1.82, 2.24) is 15.3 Å². The quantitative estimate of drug-likeness (QED) is 0.275. The van der Waals surface area contributed by atoms with Crippen LogP contribution in [0.2, 0.25) is 0 Å². The molecule has 41 heavy (non-hydrogen) atoms. The van der Waals surface area contributed by atoms with Crippen molar-refractivity contribution in [3.05, 3.63) is 66.4 Å². The number of nitrogens with one attached hydrogen (secondary N) is 3. The molecule has 216 valence electrons. The van der Waals surface area contributed by atoms with E-state index in [0.29, 0.717) is 46.3 Å². The van der Waals surface area contributed by atoms with E-state index in [1.165, 1.54) is 25.7 Å². The van der Waals surface area contributed by atoms with Gasteiger partial charge in [-0.3, -0.25) is 9.52 Å². The lowest BCUT2D eigenvalue weighted by Crippen LogP contribution is -2.32. The molecule has 1 heterocycles. The molecule has 0 radical (unpaired) electrons. The smallest absolute Gasteiger partial charge is 0.240 e. The molecule has 0 bridgehead atoms. The van der Waals surface area contributed by atoms with Crippen molar-refractivity contribution in [2.75, 3.05) is 24.3 Å². The number of allylic oxidation sites excluding steroid dienone is 3. The molecule has 1 saturated carbocycles. The molecule has 2 aliphatic carbocycles. The van der Waals surface area contributed by atoms with Crippen LogP contribution in [-0.2, 0) is 14.8 Å². The summed E-state index contributed by atoms with van der Waals surface area (Å²) in [5, 5.41) is 5.17. The predicted molar refractivity (Wildman–Crippen MR) is 160 cm³/mol. The van der Waals surface area contributed by atoms with Crippen LogP contribution in [0, 0.1) is 5.92 Å². The number of carbonyl (C=O) groups excluding carboxylic acids is 1. The molecule has 0 saturated heterocycles. The number of anilines is 3. The van der Waals surface area contributed by atoms with Crippen molar-refractivity contribution < 1.29 is 22.7 Å². The number of ether oxygens (including phenoxy) is 2.